The number of carboxylic acid groups (broad SMARTS) is 1. The number of hydrogen-bond donors (Lipinski definition) is 2. The molecule has 1 fully saturated rings. The predicted octanol–water partition coefficient (Wildman–Crippen LogP) is 6.26. The number of methoxy groups -OCH3 is 1. The number of ether oxygens (including phenoxy) is 1. The Morgan fingerprint density at radius 2 is 1.76 bits per heavy atom. The summed E-state index contributed by atoms with van der Waals surface area (Å²) in [4.78, 5) is 25.7. The second-order valence-electron chi connectivity index (χ2n) is 12.7. The van der Waals surface area contributed by atoms with Gasteiger partial charge in [-0.25, -0.2) is 22.6 Å². The van der Waals surface area contributed by atoms with Crippen molar-refractivity contribution in [3.63, 3.8) is 0 Å². The van der Waals surface area contributed by atoms with Gasteiger partial charge in [0.05, 0.1) is 24.6 Å². The minimum atomic E-state index is -3.84. The number of allylic oxidation sites excluding steroid dienone is 1. The summed E-state index contributed by atoms with van der Waals surface area (Å²) in [5.74, 6) is -0.932. The third kappa shape index (κ3) is 5.48. The van der Waals surface area contributed by atoms with Crippen molar-refractivity contribution in [2.45, 2.75) is 83.6 Å². The van der Waals surface area contributed by atoms with Crippen molar-refractivity contribution in [2.24, 2.45) is 0 Å². The topological polar surface area (TPSA) is 145 Å². The van der Waals surface area contributed by atoms with Gasteiger partial charge >= 0.3 is 5.97 Å². The zero-order chi connectivity index (χ0) is 32.9. The number of hydrogen-bond acceptors (Lipinski definition) is 7. The van der Waals surface area contributed by atoms with Crippen LogP contribution in [0.2, 0.25) is 0 Å². The second-order valence-corrected chi connectivity index (χ2v) is 14.9. The Morgan fingerprint density at radius 1 is 1.02 bits per heavy atom. The molecule has 12 heteroatoms. The first kappa shape index (κ1) is 31.5. The summed E-state index contributed by atoms with van der Waals surface area (Å²) < 4.78 is 36.8. The molecule has 0 atom stereocenters. The van der Waals surface area contributed by atoms with Crippen molar-refractivity contribution in [1.82, 2.24) is 24.3 Å². The van der Waals surface area contributed by atoms with E-state index in [2.05, 4.69) is 19.6 Å². The van der Waals surface area contributed by atoms with E-state index < -0.39 is 27.1 Å². The summed E-state index contributed by atoms with van der Waals surface area (Å²) in [6, 6.07) is 11.1. The number of carboxylic acids is 1. The molecule has 2 aliphatic rings. The fraction of sp³-hybridized carbons (Fsp3) is 0.412. The number of carbonyl (C=O) groups is 2. The molecule has 0 saturated heterocycles. The minimum Gasteiger partial charge on any atom is -0.497 e. The van der Waals surface area contributed by atoms with E-state index >= 15 is 0 Å². The number of rotatable bonds is 8. The second kappa shape index (κ2) is 12.1. The van der Waals surface area contributed by atoms with Gasteiger partial charge in [-0.05, 0) is 94.0 Å². The summed E-state index contributed by atoms with van der Waals surface area (Å²) in [5.41, 5.74) is 5.94. The number of nitrogens with one attached hydrogen (secondary N) is 1. The van der Waals surface area contributed by atoms with E-state index in [4.69, 9.17) is 4.74 Å². The fourth-order valence-electron chi connectivity index (χ4n) is 6.73. The van der Waals surface area contributed by atoms with Crippen molar-refractivity contribution < 1.29 is 27.9 Å². The summed E-state index contributed by atoms with van der Waals surface area (Å²) in [5, 5.41) is 18.6. The van der Waals surface area contributed by atoms with Gasteiger partial charge in [-0.2, -0.15) is 0 Å². The van der Waals surface area contributed by atoms with Gasteiger partial charge < -0.3 is 14.4 Å². The molecule has 2 N–H and O–H groups in total. The molecule has 1 amide bonds. The summed E-state index contributed by atoms with van der Waals surface area (Å²) in [6.07, 6.45) is 7.45. The SMILES string of the molecule is COc1ccc2c(c1)C=C(c1c(C(=O)O)nnn1C(C)C)Cn1c-2c(C2CCCCC2)c2ccc(C(=O)NS(=O)(=O)C(C)C)cc21. The molecule has 0 bridgehead atoms. The fourth-order valence-corrected chi connectivity index (χ4v) is 7.34. The maximum Gasteiger partial charge on any atom is 0.358 e. The third-order valence-electron chi connectivity index (χ3n) is 9.10. The van der Waals surface area contributed by atoms with Crippen LogP contribution < -0.4 is 9.46 Å². The van der Waals surface area contributed by atoms with E-state index in [1.807, 2.05) is 44.2 Å². The lowest BCUT2D eigenvalue weighted by molar-refractivity contribution is 0.0689. The molecule has 3 heterocycles. The highest BCUT2D eigenvalue weighted by atomic mass is 32.2. The third-order valence-corrected chi connectivity index (χ3v) is 10.8. The molecule has 1 saturated carbocycles. The Morgan fingerprint density at radius 3 is 2.41 bits per heavy atom. The molecule has 0 spiro atoms. The van der Waals surface area contributed by atoms with Crippen molar-refractivity contribution in [3.8, 4) is 17.0 Å². The molecule has 1 aliphatic carbocycles. The number of fused-ring (bicyclic) bond motifs is 5. The van der Waals surface area contributed by atoms with Crippen molar-refractivity contribution >= 4 is 44.5 Å². The molecular formula is C34H39N5O6S. The van der Waals surface area contributed by atoms with Gasteiger partial charge in [-0.15, -0.1) is 5.10 Å². The largest absolute Gasteiger partial charge is 0.497 e. The van der Waals surface area contributed by atoms with Crippen LogP contribution in [0.3, 0.4) is 0 Å². The van der Waals surface area contributed by atoms with E-state index in [1.165, 1.54) is 25.8 Å². The zero-order valence-electron chi connectivity index (χ0n) is 26.7. The lowest BCUT2D eigenvalue weighted by atomic mass is 9.81. The van der Waals surface area contributed by atoms with Gasteiger partial charge in [0.15, 0.2) is 5.69 Å². The minimum absolute atomic E-state index is 0.143. The van der Waals surface area contributed by atoms with E-state index in [-0.39, 0.29) is 29.8 Å². The molecule has 2 aromatic carbocycles. The molecule has 242 valence electrons. The highest BCUT2D eigenvalue weighted by molar-refractivity contribution is 7.90. The highest BCUT2D eigenvalue weighted by Crippen LogP contribution is 2.48. The Bertz CT molecular complexity index is 2000. The van der Waals surface area contributed by atoms with Crippen LogP contribution in [-0.2, 0) is 16.6 Å². The Hall–Kier alpha value is -4.45. The number of amides is 1. The Balaban J connectivity index is 1.65. The molecule has 2 aromatic heterocycles. The van der Waals surface area contributed by atoms with Crippen LogP contribution in [0.1, 0.15) is 109 Å². The molecule has 0 radical (unpaired) electrons. The molecule has 46 heavy (non-hydrogen) atoms. The quantitative estimate of drug-likeness (QED) is 0.229. The van der Waals surface area contributed by atoms with E-state index in [0.29, 0.717) is 17.0 Å². The number of carbonyl (C=O) groups excluding carboxylic acids is 1. The average Bonchev–Trinajstić information content (AvgIpc) is 3.56. The first-order valence-corrected chi connectivity index (χ1v) is 17.3. The normalized spacial score (nSPS) is 15.4. The monoisotopic (exact) mass is 645 g/mol. The molecule has 0 unspecified atom stereocenters. The number of sulfonamides is 1. The van der Waals surface area contributed by atoms with Crippen LogP contribution >= 0.6 is 0 Å². The number of aromatic carboxylic acids is 1. The molecule has 11 nitrogen and oxygen atoms in total. The smallest absolute Gasteiger partial charge is 0.358 e. The maximum atomic E-state index is 13.3. The zero-order valence-corrected chi connectivity index (χ0v) is 27.5. The van der Waals surface area contributed by atoms with Crippen LogP contribution in [-0.4, -0.2) is 57.3 Å². The van der Waals surface area contributed by atoms with Gasteiger partial charge in [0.25, 0.3) is 5.91 Å². The lowest BCUT2D eigenvalue weighted by Gasteiger charge is -2.24. The predicted molar refractivity (Wildman–Crippen MR) is 177 cm³/mol. The molecule has 4 aromatic rings. The highest BCUT2D eigenvalue weighted by Gasteiger charge is 2.32. The lowest BCUT2D eigenvalue weighted by Crippen LogP contribution is -2.35. The molecule has 6 rings (SSSR count). The van der Waals surface area contributed by atoms with E-state index in [0.717, 1.165) is 53.4 Å². The molecule has 1 aliphatic heterocycles. The summed E-state index contributed by atoms with van der Waals surface area (Å²) >= 11 is 0. The van der Waals surface area contributed by atoms with Gasteiger partial charge in [0.2, 0.25) is 10.0 Å². The number of nitrogens with zero attached hydrogens (tertiary/aromatic N) is 4. The van der Waals surface area contributed by atoms with Crippen molar-refractivity contribution in [1.29, 1.82) is 0 Å². The van der Waals surface area contributed by atoms with Crippen molar-refractivity contribution in [3.05, 3.63) is 64.5 Å². The summed E-state index contributed by atoms with van der Waals surface area (Å²) in [7, 11) is -2.23. The first-order valence-electron chi connectivity index (χ1n) is 15.7. The number of aromatic nitrogens is 4. The van der Waals surface area contributed by atoms with Crippen LogP contribution in [0, 0.1) is 0 Å². The van der Waals surface area contributed by atoms with E-state index in [9.17, 15) is 23.1 Å². The number of benzene rings is 2. The first-order chi connectivity index (χ1) is 21.9. The average molecular weight is 646 g/mol. The standard InChI is InChI=1S/C34H39N5O6S/c1-19(2)39-31(30(34(41)42)35-37-39)24-15-23-16-25(45-5)12-14-26(23)32-29(21-9-7-6-8-10-21)27-13-11-22(17-28(27)38(32)18-24)33(40)36-46(43,44)20(3)4/h11-17,19-21H,6-10,18H2,1-5H3,(H,36,40)(H,41,42). The van der Waals surface area contributed by atoms with Crippen LogP contribution in [0.25, 0.3) is 33.8 Å². The van der Waals surface area contributed by atoms with Crippen LogP contribution in [0.15, 0.2) is 36.4 Å². The van der Waals surface area contributed by atoms with Gasteiger partial charge in [-0.3, -0.25) is 4.79 Å². The molecular weight excluding hydrogens is 606 g/mol. The van der Waals surface area contributed by atoms with Gasteiger partial charge in [-0.1, -0.05) is 30.5 Å². The Labute approximate surface area is 268 Å². The van der Waals surface area contributed by atoms with Gasteiger partial charge in [0.1, 0.15) is 11.4 Å². The van der Waals surface area contributed by atoms with Crippen molar-refractivity contribution in [2.75, 3.05) is 7.11 Å². The van der Waals surface area contributed by atoms with Crippen LogP contribution in [0.5, 0.6) is 5.75 Å². The van der Waals surface area contributed by atoms with Gasteiger partial charge in [0, 0.05) is 33.6 Å². The van der Waals surface area contributed by atoms with Crippen LogP contribution in [0.4, 0.5) is 0 Å². The summed E-state index contributed by atoms with van der Waals surface area (Å²) in [6.45, 7) is 7.15. The van der Waals surface area contributed by atoms with E-state index in [1.54, 1.807) is 23.9 Å². The Kier molecular flexibility index (Phi) is 8.26. The maximum absolute atomic E-state index is 13.3.